The number of hydrogen-bond donors (Lipinski definition) is 2. The Balaban J connectivity index is 1.52. The lowest BCUT2D eigenvalue weighted by molar-refractivity contribution is -0.112. The minimum atomic E-state index is -0.448. The fourth-order valence-corrected chi connectivity index (χ4v) is 6.90. The zero-order valence-electron chi connectivity index (χ0n) is 24.1. The summed E-state index contributed by atoms with van der Waals surface area (Å²) in [6.07, 6.45) is 5.66. The summed E-state index contributed by atoms with van der Waals surface area (Å²) in [7, 11) is 0. The number of thiophene rings is 1. The van der Waals surface area contributed by atoms with Crippen LogP contribution in [-0.4, -0.2) is 16.4 Å². The Morgan fingerprint density at radius 1 is 0.976 bits per heavy atom. The van der Waals surface area contributed by atoms with Crippen molar-refractivity contribution in [2.24, 2.45) is 0 Å². The van der Waals surface area contributed by atoms with Crippen molar-refractivity contribution in [3.05, 3.63) is 104 Å². The van der Waals surface area contributed by atoms with E-state index in [1.54, 1.807) is 17.4 Å². The van der Waals surface area contributed by atoms with Crippen molar-refractivity contribution >= 4 is 40.6 Å². The smallest absolute Gasteiger partial charge is 0.266 e. The number of carbonyl (C=O) groups is 2. The van der Waals surface area contributed by atoms with Gasteiger partial charge in [-0.1, -0.05) is 29.8 Å². The van der Waals surface area contributed by atoms with Crippen molar-refractivity contribution in [3.8, 4) is 11.1 Å². The Bertz CT molecular complexity index is 1730. The van der Waals surface area contributed by atoms with Crippen molar-refractivity contribution in [2.75, 3.05) is 10.6 Å². The van der Waals surface area contributed by atoms with E-state index in [2.05, 4.69) is 21.3 Å². The summed E-state index contributed by atoms with van der Waals surface area (Å²) >= 11 is 1.67. The zero-order chi connectivity index (χ0) is 29.3. The van der Waals surface area contributed by atoms with Crippen LogP contribution in [0.4, 0.5) is 11.4 Å². The molecule has 0 fully saturated rings. The monoisotopic (exact) mass is 562 g/mol. The summed E-state index contributed by atoms with van der Waals surface area (Å²) in [5.74, 6) is -0.561. The standard InChI is InChI=1S/C34H34N4O2S/c1-20-13-15-27(16-14-20)36-33(40)31-28-10-6-7-12-30(28)41-34(31)38-22(3)17-25(24(38)5)18-26(19-35)32(39)37-29-11-8-9-21(2)23(29)4/h8-9,11,13-18H,6-7,10,12H2,1-5H3,(H,36,40)(H,37,39)/b26-18-. The van der Waals surface area contributed by atoms with E-state index in [0.717, 1.165) is 81.1 Å². The molecule has 2 heterocycles. The summed E-state index contributed by atoms with van der Waals surface area (Å²) in [4.78, 5) is 28.1. The minimum Gasteiger partial charge on any atom is -0.322 e. The number of amides is 2. The molecule has 2 amide bonds. The van der Waals surface area contributed by atoms with E-state index in [1.807, 2.05) is 83.1 Å². The van der Waals surface area contributed by atoms with Crippen LogP contribution in [-0.2, 0) is 17.6 Å². The van der Waals surface area contributed by atoms with E-state index in [1.165, 1.54) is 4.88 Å². The first-order valence-electron chi connectivity index (χ1n) is 13.9. The number of benzene rings is 2. The predicted molar refractivity (Wildman–Crippen MR) is 167 cm³/mol. The topological polar surface area (TPSA) is 86.9 Å². The van der Waals surface area contributed by atoms with Crippen LogP contribution in [0, 0.1) is 45.9 Å². The highest BCUT2D eigenvalue weighted by Crippen LogP contribution is 2.39. The van der Waals surface area contributed by atoms with Gasteiger partial charge in [-0.05, 0) is 113 Å². The molecule has 0 aliphatic heterocycles. The molecule has 41 heavy (non-hydrogen) atoms. The molecule has 2 aromatic carbocycles. The van der Waals surface area contributed by atoms with Crippen LogP contribution < -0.4 is 10.6 Å². The van der Waals surface area contributed by atoms with E-state index < -0.39 is 5.91 Å². The molecule has 2 aromatic heterocycles. The lowest BCUT2D eigenvalue weighted by atomic mass is 9.95. The number of hydrogen-bond acceptors (Lipinski definition) is 4. The number of nitrogens with zero attached hydrogens (tertiary/aromatic N) is 2. The van der Waals surface area contributed by atoms with Crippen molar-refractivity contribution in [2.45, 2.75) is 60.3 Å². The predicted octanol–water partition coefficient (Wildman–Crippen LogP) is 7.76. The molecule has 6 nitrogen and oxygen atoms in total. The number of nitriles is 1. The Hall–Kier alpha value is -4.41. The van der Waals surface area contributed by atoms with Crippen LogP contribution in [0.25, 0.3) is 11.1 Å². The van der Waals surface area contributed by atoms with Gasteiger partial charge in [0.1, 0.15) is 16.6 Å². The van der Waals surface area contributed by atoms with Crippen LogP contribution in [0.1, 0.15) is 67.3 Å². The fourth-order valence-electron chi connectivity index (χ4n) is 5.40. The molecule has 0 atom stereocenters. The van der Waals surface area contributed by atoms with Gasteiger partial charge in [0.25, 0.3) is 11.8 Å². The molecule has 4 aromatic rings. The summed E-state index contributed by atoms with van der Waals surface area (Å²) in [6.45, 7) is 9.91. The highest BCUT2D eigenvalue weighted by Gasteiger charge is 2.28. The van der Waals surface area contributed by atoms with E-state index in [0.29, 0.717) is 5.69 Å². The first-order valence-corrected chi connectivity index (χ1v) is 14.7. The number of fused-ring (bicyclic) bond motifs is 1. The van der Waals surface area contributed by atoms with Crippen LogP contribution in [0.3, 0.4) is 0 Å². The Labute approximate surface area is 245 Å². The van der Waals surface area contributed by atoms with Gasteiger partial charge >= 0.3 is 0 Å². The molecular formula is C34H34N4O2S. The van der Waals surface area contributed by atoms with E-state index in [4.69, 9.17) is 0 Å². The second kappa shape index (κ2) is 11.6. The molecule has 0 saturated heterocycles. The van der Waals surface area contributed by atoms with Gasteiger partial charge < -0.3 is 15.2 Å². The number of rotatable bonds is 6. The van der Waals surface area contributed by atoms with Gasteiger partial charge in [-0.25, -0.2) is 0 Å². The van der Waals surface area contributed by atoms with Gasteiger partial charge in [0.05, 0.1) is 5.56 Å². The minimum absolute atomic E-state index is 0.0222. The number of anilines is 2. The largest absolute Gasteiger partial charge is 0.322 e. The van der Waals surface area contributed by atoms with Crippen molar-refractivity contribution in [1.29, 1.82) is 5.26 Å². The van der Waals surface area contributed by atoms with Crippen molar-refractivity contribution < 1.29 is 9.59 Å². The lowest BCUT2D eigenvalue weighted by Crippen LogP contribution is -2.17. The Morgan fingerprint density at radius 2 is 1.71 bits per heavy atom. The summed E-state index contributed by atoms with van der Waals surface area (Å²) in [5.41, 5.74) is 9.07. The highest BCUT2D eigenvalue weighted by atomic mass is 32.1. The van der Waals surface area contributed by atoms with Gasteiger partial charge in [0.15, 0.2) is 0 Å². The van der Waals surface area contributed by atoms with Crippen LogP contribution in [0.15, 0.2) is 54.1 Å². The Morgan fingerprint density at radius 3 is 2.44 bits per heavy atom. The van der Waals surface area contributed by atoms with Gasteiger partial charge in [-0.2, -0.15) is 5.26 Å². The lowest BCUT2D eigenvalue weighted by Gasteiger charge is -2.14. The zero-order valence-corrected chi connectivity index (χ0v) is 25.0. The molecule has 5 rings (SSSR count). The highest BCUT2D eigenvalue weighted by molar-refractivity contribution is 7.15. The third kappa shape index (κ3) is 5.61. The number of carbonyl (C=O) groups excluding carboxylic acids is 2. The SMILES string of the molecule is Cc1ccc(NC(=O)c2c(-n3c(C)cc(/C=C(/C#N)C(=O)Nc4cccc(C)c4C)c3C)sc3c2CCCC3)cc1. The summed E-state index contributed by atoms with van der Waals surface area (Å²) < 4.78 is 2.09. The molecule has 1 aliphatic carbocycles. The summed E-state index contributed by atoms with van der Waals surface area (Å²) in [6, 6.07) is 17.6. The van der Waals surface area contributed by atoms with E-state index in [-0.39, 0.29) is 11.5 Å². The van der Waals surface area contributed by atoms with Crippen LogP contribution in [0.2, 0.25) is 0 Å². The van der Waals surface area contributed by atoms with E-state index in [9.17, 15) is 14.9 Å². The first-order chi connectivity index (χ1) is 19.7. The average molecular weight is 563 g/mol. The van der Waals surface area contributed by atoms with Gasteiger partial charge in [0.2, 0.25) is 0 Å². The maximum atomic E-state index is 13.8. The van der Waals surface area contributed by atoms with E-state index >= 15 is 0 Å². The van der Waals surface area contributed by atoms with Gasteiger partial charge in [0, 0.05) is 27.6 Å². The van der Waals surface area contributed by atoms with Gasteiger partial charge in [-0.3, -0.25) is 9.59 Å². The molecular weight excluding hydrogens is 528 g/mol. The maximum absolute atomic E-state index is 13.8. The molecule has 7 heteroatoms. The first kappa shape index (κ1) is 28.1. The molecule has 1 aliphatic rings. The molecule has 0 bridgehead atoms. The van der Waals surface area contributed by atoms with Crippen molar-refractivity contribution in [1.82, 2.24) is 4.57 Å². The van der Waals surface area contributed by atoms with Gasteiger partial charge in [-0.15, -0.1) is 11.3 Å². The second-order valence-electron chi connectivity index (χ2n) is 10.7. The molecule has 208 valence electrons. The number of aromatic nitrogens is 1. The molecule has 0 unspecified atom stereocenters. The molecule has 0 spiro atoms. The second-order valence-corrected chi connectivity index (χ2v) is 11.8. The number of aryl methyl sites for hydroxylation is 4. The average Bonchev–Trinajstić information content (AvgIpc) is 3.46. The Kier molecular flexibility index (Phi) is 7.96. The molecule has 0 saturated carbocycles. The quantitative estimate of drug-likeness (QED) is 0.186. The fraction of sp³-hybridized carbons (Fsp3) is 0.265. The van der Waals surface area contributed by atoms with Crippen LogP contribution >= 0.6 is 11.3 Å². The normalized spacial score (nSPS) is 12.9. The third-order valence-electron chi connectivity index (χ3n) is 7.88. The van der Waals surface area contributed by atoms with Crippen molar-refractivity contribution in [3.63, 3.8) is 0 Å². The van der Waals surface area contributed by atoms with Crippen LogP contribution in [0.5, 0.6) is 0 Å². The number of nitrogens with one attached hydrogen (secondary N) is 2. The molecule has 2 N–H and O–H groups in total. The molecule has 0 radical (unpaired) electrons. The maximum Gasteiger partial charge on any atom is 0.266 e. The summed E-state index contributed by atoms with van der Waals surface area (Å²) in [5, 5.41) is 16.8. The third-order valence-corrected chi connectivity index (χ3v) is 9.16.